The molecule has 0 amide bonds. The van der Waals surface area contributed by atoms with Crippen LogP contribution in [0.1, 0.15) is 6.92 Å². The van der Waals surface area contributed by atoms with E-state index in [1.165, 1.54) is 6.08 Å². The molecule has 0 rings (SSSR count). The molecular formula is C7H8ClNO2. The molecule has 0 bridgehead atoms. The summed E-state index contributed by atoms with van der Waals surface area (Å²) in [5.41, 5.74) is -0.0400. The zero-order valence-electron chi connectivity index (χ0n) is 6.13. The molecule has 0 fully saturated rings. The summed E-state index contributed by atoms with van der Waals surface area (Å²) in [6.45, 7) is 1.94. The van der Waals surface area contributed by atoms with Crippen LogP contribution < -0.4 is 0 Å². The molecule has 0 heterocycles. The average molecular weight is 174 g/mol. The summed E-state index contributed by atoms with van der Waals surface area (Å²) < 4.78 is 4.56. The number of ether oxygens (including phenoxy) is 1. The van der Waals surface area contributed by atoms with Gasteiger partial charge in [-0.1, -0.05) is 0 Å². The lowest BCUT2D eigenvalue weighted by Gasteiger charge is -1.97. The van der Waals surface area contributed by atoms with Gasteiger partial charge in [0.05, 0.1) is 6.61 Å². The number of hydrogen-bond donors (Lipinski definition) is 0. The summed E-state index contributed by atoms with van der Waals surface area (Å²) in [7, 11) is 0. The van der Waals surface area contributed by atoms with E-state index in [1.807, 2.05) is 0 Å². The molecule has 0 unspecified atom stereocenters. The van der Waals surface area contributed by atoms with Gasteiger partial charge in [-0.05, 0) is 13.0 Å². The van der Waals surface area contributed by atoms with Crippen LogP contribution >= 0.6 is 11.6 Å². The lowest BCUT2D eigenvalue weighted by molar-refractivity contribution is -0.138. The number of rotatable bonds is 3. The van der Waals surface area contributed by atoms with Gasteiger partial charge in [0.1, 0.15) is 11.6 Å². The number of carbonyl (C=O) groups is 1. The van der Waals surface area contributed by atoms with Gasteiger partial charge in [-0.2, -0.15) is 5.26 Å². The van der Waals surface area contributed by atoms with Crippen LogP contribution in [0, 0.1) is 11.3 Å². The average Bonchev–Trinajstić information content (AvgIpc) is 2.00. The lowest BCUT2D eigenvalue weighted by Crippen LogP contribution is -2.06. The fraction of sp³-hybridized carbons (Fsp3) is 0.429. The van der Waals surface area contributed by atoms with E-state index in [2.05, 4.69) is 4.74 Å². The summed E-state index contributed by atoms with van der Waals surface area (Å²) in [4.78, 5) is 10.8. The predicted molar refractivity (Wildman–Crippen MR) is 41.0 cm³/mol. The predicted octanol–water partition coefficient (Wildman–Crippen LogP) is 1.24. The number of allylic oxidation sites excluding steroid dienone is 1. The minimum Gasteiger partial charge on any atom is -0.462 e. The Hall–Kier alpha value is -1.01. The van der Waals surface area contributed by atoms with Crippen molar-refractivity contribution in [3.05, 3.63) is 11.6 Å². The van der Waals surface area contributed by atoms with Crippen molar-refractivity contribution >= 4 is 17.6 Å². The van der Waals surface area contributed by atoms with E-state index in [4.69, 9.17) is 16.9 Å². The highest BCUT2D eigenvalue weighted by Crippen LogP contribution is 1.96. The summed E-state index contributed by atoms with van der Waals surface area (Å²) in [5, 5.41) is 8.38. The van der Waals surface area contributed by atoms with Crippen molar-refractivity contribution in [3.8, 4) is 6.07 Å². The first-order valence-corrected chi connectivity index (χ1v) is 3.63. The van der Waals surface area contributed by atoms with Gasteiger partial charge in [-0.15, -0.1) is 11.6 Å². The second kappa shape index (κ2) is 5.75. The molecule has 0 aliphatic rings. The Kier molecular flexibility index (Phi) is 5.22. The van der Waals surface area contributed by atoms with E-state index in [0.717, 1.165) is 0 Å². The molecule has 0 aliphatic heterocycles. The molecule has 0 aromatic rings. The van der Waals surface area contributed by atoms with Gasteiger partial charge >= 0.3 is 5.97 Å². The Labute approximate surface area is 70.2 Å². The van der Waals surface area contributed by atoms with Gasteiger partial charge in [0, 0.05) is 5.88 Å². The molecular weight excluding hydrogens is 166 g/mol. The number of alkyl halides is 1. The van der Waals surface area contributed by atoms with E-state index in [0.29, 0.717) is 0 Å². The van der Waals surface area contributed by atoms with Crippen LogP contribution in [0.15, 0.2) is 11.6 Å². The van der Waals surface area contributed by atoms with Crippen molar-refractivity contribution in [1.82, 2.24) is 0 Å². The number of halogens is 1. The van der Waals surface area contributed by atoms with Gasteiger partial charge in [0.25, 0.3) is 0 Å². The van der Waals surface area contributed by atoms with E-state index in [-0.39, 0.29) is 18.1 Å². The SMILES string of the molecule is CCOC(=O)C(C#N)=CCCl. The van der Waals surface area contributed by atoms with Gasteiger partial charge < -0.3 is 4.74 Å². The number of nitriles is 1. The van der Waals surface area contributed by atoms with Crippen LogP contribution in [0.25, 0.3) is 0 Å². The van der Waals surface area contributed by atoms with E-state index < -0.39 is 5.97 Å². The number of carbonyl (C=O) groups excluding carboxylic acids is 1. The Balaban J connectivity index is 4.18. The molecule has 0 spiro atoms. The van der Waals surface area contributed by atoms with E-state index in [9.17, 15) is 4.79 Å². The van der Waals surface area contributed by atoms with Crippen LogP contribution in [-0.4, -0.2) is 18.5 Å². The smallest absolute Gasteiger partial charge is 0.348 e. The van der Waals surface area contributed by atoms with Gasteiger partial charge in [0.15, 0.2) is 0 Å². The largest absolute Gasteiger partial charge is 0.462 e. The van der Waals surface area contributed by atoms with Gasteiger partial charge in [-0.25, -0.2) is 4.79 Å². The molecule has 0 aromatic carbocycles. The van der Waals surface area contributed by atoms with Crippen LogP contribution in [0.4, 0.5) is 0 Å². The summed E-state index contributed by atoms with van der Waals surface area (Å²) in [6, 6.07) is 1.69. The summed E-state index contributed by atoms with van der Waals surface area (Å²) in [5.74, 6) is -0.475. The zero-order valence-corrected chi connectivity index (χ0v) is 6.89. The molecule has 11 heavy (non-hydrogen) atoms. The molecule has 0 radical (unpaired) electrons. The second-order valence-corrected chi connectivity index (χ2v) is 1.91. The van der Waals surface area contributed by atoms with Crippen LogP contribution in [0.5, 0.6) is 0 Å². The Bertz CT molecular complexity index is 205. The molecule has 4 heteroatoms. The maximum Gasteiger partial charge on any atom is 0.348 e. The summed E-state index contributed by atoms with van der Waals surface area (Å²) in [6.07, 6.45) is 1.32. The third-order valence-corrected chi connectivity index (χ3v) is 1.05. The maximum absolute atomic E-state index is 10.8. The van der Waals surface area contributed by atoms with Crippen molar-refractivity contribution in [3.63, 3.8) is 0 Å². The topological polar surface area (TPSA) is 50.1 Å². The van der Waals surface area contributed by atoms with E-state index >= 15 is 0 Å². The highest BCUT2D eigenvalue weighted by Gasteiger charge is 2.07. The highest BCUT2D eigenvalue weighted by atomic mass is 35.5. The lowest BCUT2D eigenvalue weighted by atomic mass is 10.3. The number of esters is 1. The quantitative estimate of drug-likeness (QED) is 0.279. The molecule has 0 aliphatic carbocycles. The third-order valence-electron chi connectivity index (χ3n) is 0.897. The molecule has 0 N–H and O–H groups in total. The maximum atomic E-state index is 10.8. The first kappa shape index (κ1) is 9.99. The fourth-order valence-electron chi connectivity index (χ4n) is 0.461. The summed E-state index contributed by atoms with van der Waals surface area (Å²) >= 11 is 5.28. The Morgan fingerprint density at radius 2 is 2.45 bits per heavy atom. The van der Waals surface area contributed by atoms with Crippen molar-refractivity contribution in [2.45, 2.75) is 6.92 Å². The molecule has 0 saturated carbocycles. The van der Waals surface area contributed by atoms with Crippen LogP contribution in [0.3, 0.4) is 0 Å². The molecule has 3 nitrogen and oxygen atoms in total. The van der Waals surface area contributed by atoms with Crippen molar-refractivity contribution in [1.29, 1.82) is 5.26 Å². The monoisotopic (exact) mass is 173 g/mol. The zero-order chi connectivity index (χ0) is 8.69. The number of hydrogen-bond acceptors (Lipinski definition) is 3. The van der Waals surface area contributed by atoms with Crippen molar-refractivity contribution < 1.29 is 9.53 Å². The van der Waals surface area contributed by atoms with E-state index in [1.54, 1.807) is 13.0 Å². The first-order valence-electron chi connectivity index (χ1n) is 3.09. The standard InChI is InChI=1S/C7H8ClNO2/c1-2-11-7(10)6(5-9)3-4-8/h3H,2,4H2,1H3. The Morgan fingerprint density at radius 1 is 1.82 bits per heavy atom. The van der Waals surface area contributed by atoms with Crippen LogP contribution in [0.2, 0.25) is 0 Å². The fourth-order valence-corrected chi connectivity index (χ4v) is 0.615. The second-order valence-electron chi connectivity index (χ2n) is 1.60. The molecule has 0 aromatic heterocycles. The minimum atomic E-state index is -0.615. The molecule has 0 atom stereocenters. The van der Waals surface area contributed by atoms with Gasteiger partial charge in [0.2, 0.25) is 0 Å². The third kappa shape index (κ3) is 3.64. The number of nitrogens with zero attached hydrogens (tertiary/aromatic N) is 1. The van der Waals surface area contributed by atoms with Crippen molar-refractivity contribution in [2.24, 2.45) is 0 Å². The van der Waals surface area contributed by atoms with Gasteiger partial charge in [-0.3, -0.25) is 0 Å². The molecule has 0 saturated heterocycles. The highest BCUT2D eigenvalue weighted by molar-refractivity contribution is 6.19. The van der Waals surface area contributed by atoms with Crippen molar-refractivity contribution in [2.75, 3.05) is 12.5 Å². The minimum absolute atomic E-state index is 0.0400. The van der Waals surface area contributed by atoms with Crippen LogP contribution in [-0.2, 0) is 9.53 Å². The first-order chi connectivity index (χ1) is 5.26. The Morgan fingerprint density at radius 3 is 2.82 bits per heavy atom. The normalized spacial score (nSPS) is 10.5. The molecule has 60 valence electrons.